The van der Waals surface area contributed by atoms with Crippen LogP contribution in [0.15, 0.2) is 47.5 Å². The van der Waals surface area contributed by atoms with Crippen LogP contribution in [0.4, 0.5) is 11.4 Å². The number of benzene rings is 2. The van der Waals surface area contributed by atoms with Crippen molar-refractivity contribution in [2.45, 2.75) is 19.9 Å². The predicted molar refractivity (Wildman–Crippen MR) is 133 cm³/mol. The second kappa shape index (κ2) is 13.3. The number of hydrogen-bond donors (Lipinski definition) is 2. The molecular weight excluding hydrogens is 479 g/mol. The Morgan fingerprint density at radius 2 is 1.90 bits per heavy atom. The minimum atomic E-state index is 0. The second-order valence-corrected chi connectivity index (χ2v) is 6.78. The van der Waals surface area contributed by atoms with Crippen molar-refractivity contribution >= 4 is 41.3 Å². The summed E-state index contributed by atoms with van der Waals surface area (Å²) in [7, 11) is 7.56. The fourth-order valence-corrected chi connectivity index (χ4v) is 2.71. The van der Waals surface area contributed by atoms with Crippen LogP contribution < -0.4 is 20.3 Å². The number of hydrogen-bond acceptors (Lipinski definition) is 4. The summed E-state index contributed by atoms with van der Waals surface area (Å²) in [5.74, 6) is 1.54. The Labute approximate surface area is 191 Å². The SMILES string of the molecule is CN=C(NCc1ccc(N(C)C)cc1C)Nc1cccc(OCCCOC)c1.I. The van der Waals surface area contributed by atoms with Gasteiger partial charge in [0.05, 0.1) is 6.61 Å². The molecule has 0 radical (unpaired) electrons. The minimum Gasteiger partial charge on any atom is -0.493 e. The summed E-state index contributed by atoms with van der Waals surface area (Å²) in [6.45, 7) is 4.16. The fraction of sp³-hybridized carbons (Fsp3) is 0.409. The van der Waals surface area contributed by atoms with Crippen LogP contribution in [0.25, 0.3) is 0 Å². The maximum Gasteiger partial charge on any atom is 0.195 e. The zero-order chi connectivity index (χ0) is 20.4. The summed E-state index contributed by atoms with van der Waals surface area (Å²) in [4.78, 5) is 6.43. The van der Waals surface area contributed by atoms with E-state index in [2.05, 4.69) is 45.6 Å². The van der Waals surface area contributed by atoms with E-state index in [1.807, 2.05) is 38.4 Å². The Morgan fingerprint density at radius 3 is 2.55 bits per heavy atom. The molecule has 6 nitrogen and oxygen atoms in total. The van der Waals surface area contributed by atoms with Crippen LogP contribution in [0.5, 0.6) is 5.75 Å². The lowest BCUT2D eigenvalue weighted by molar-refractivity contribution is 0.172. The molecule has 29 heavy (non-hydrogen) atoms. The van der Waals surface area contributed by atoms with E-state index in [1.54, 1.807) is 14.2 Å². The van der Waals surface area contributed by atoms with E-state index in [-0.39, 0.29) is 24.0 Å². The third kappa shape index (κ3) is 8.49. The molecular formula is C22H33IN4O2. The van der Waals surface area contributed by atoms with E-state index in [4.69, 9.17) is 9.47 Å². The molecule has 0 aromatic heterocycles. The summed E-state index contributed by atoms with van der Waals surface area (Å²) in [5, 5.41) is 6.69. The molecule has 2 aromatic carbocycles. The molecule has 0 saturated heterocycles. The zero-order valence-electron chi connectivity index (χ0n) is 18.0. The maximum absolute atomic E-state index is 5.76. The first kappa shape index (κ1) is 25.0. The molecule has 0 atom stereocenters. The van der Waals surface area contributed by atoms with Crippen LogP contribution >= 0.6 is 24.0 Å². The molecule has 0 bridgehead atoms. The van der Waals surface area contributed by atoms with Gasteiger partial charge in [-0.05, 0) is 42.3 Å². The van der Waals surface area contributed by atoms with Gasteiger partial charge in [-0.2, -0.15) is 0 Å². The molecule has 0 heterocycles. The number of halogens is 1. The second-order valence-electron chi connectivity index (χ2n) is 6.78. The molecule has 160 valence electrons. The monoisotopic (exact) mass is 512 g/mol. The Kier molecular flexibility index (Phi) is 11.5. The van der Waals surface area contributed by atoms with E-state index in [0.29, 0.717) is 25.7 Å². The highest BCUT2D eigenvalue weighted by Gasteiger charge is 2.05. The lowest BCUT2D eigenvalue weighted by Crippen LogP contribution is -2.30. The number of guanidine groups is 1. The van der Waals surface area contributed by atoms with Gasteiger partial charge in [0.25, 0.3) is 0 Å². The summed E-state index contributed by atoms with van der Waals surface area (Å²) in [6, 6.07) is 14.3. The normalized spacial score (nSPS) is 10.9. The van der Waals surface area contributed by atoms with Gasteiger partial charge in [0, 0.05) is 65.3 Å². The Bertz CT molecular complexity index is 781. The maximum atomic E-state index is 5.76. The summed E-state index contributed by atoms with van der Waals surface area (Å²) in [6.07, 6.45) is 0.864. The van der Waals surface area contributed by atoms with Crippen molar-refractivity contribution in [2.75, 3.05) is 51.7 Å². The summed E-state index contributed by atoms with van der Waals surface area (Å²) < 4.78 is 10.8. The molecule has 0 saturated carbocycles. The summed E-state index contributed by atoms with van der Waals surface area (Å²) >= 11 is 0. The van der Waals surface area contributed by atoms with Gasteiger partial charge in [0.1, 0.15) is 5.75 Å². The van der Waals surface area contributed by atoms with Gasteiger partial charge < -0.3 is 25.0 Å². The largest absolute Gasteiger partial charge is 0.493 e. The molecule has 2 N–H and O–H groups in total. The standard InChI is InChI=1S/C22H32N4O2.HI/c1-17-14-20(26(3)4)11-10-18(17)16-24-22(23-2)25-19-8-6-9-21(15-19)28-13-7-12-27-5;/h6,8-11,14-15H,7,12-13,16H2,1-5H3,(H2,23,24,25);1H. The van der Waals surface area contributed by atoms with Crippen LogP contribution in [-0.2, 0) is 11.3 Å². The zero-order valence-corrected chi connectivity index (χ0v) is 20.3. The number of methoxy groups -OCH3 is 1. The smallest absolute Gasteiger partial charge is 0.195 e. The van der Waals surface area contributed by atoms with Crippen molar-refractivity contribution in [3.05, 3.63) is 53.6 Å². The molecule has 2 aromatic rings. The highest BCUT2D eigenvalue weighted by atomic mass is 127. The van der Waals surface area contributed by atoms with Crippen molar-refractivity contribution in [1.29, 1.82) is 0 Å². The van der Waals surface area contributed by atoms with Crippen molar-refractivity contribution in [1.82, 2.24) is 5.32 Å². The lowest BCUT2D eigenvalue weighted by atomic mass is 10.1. The van der Waals surface area contributed by atoms with Crippen LogP contribution in [0, 0.1) is 6.92 Å². The number of ether oxygens (including phenoxy) is 2. The third-order valence-electron chi connectivity index (χ3n) is 4.37. The van der Waals surface area contributed by atoms with Gasteiger partial charge in [-0.1, -0.05) is 12.1 Å². The highest BCUT2D eigenvalue weighted by Crippen LogP contribution is 2.19. The molecule has 0 unspecified atom stereocenters. The Balaban J connectivity index is 0.00000420. The van der Waals surface area contributed by atoms with Crippen molar-refractivity contribution < 1.29 is 9.47 Å². The first-order valence-corrected chi connectivity index (χ1v) is 9.50. The van der Waals surface area contributed by atoms with Crippen molar-refractivity contribution in [2.24, 2.45) is 4.99 Å². The van der Waals surface area contributed by atoms with Gasteiger partial charge in [0.2, 0.25) is 0 Å². The van der Waals surface area contributed by atoms with Gasteiger partial charge in [-0.25, -0.2) is 0 Å². The Morgan fingerprint density at radius 1 is 1.10 bits per heavy atom. The molecule has 0 fully saturated rings. The number of rotatable bonds is 9. The van der Waals surface area contributed by atoms with Crippen LogP contribution in [0.2, 0.25) is 0 Å². The van der Waals surface area contributed by atoms with Gasteiger partial charge in [-0.15, -0.1) is 24.0 Å². The predicted octanol–water partition coefficient (Wildman–Crippen LogP) is 4.28. The van der Waals surface area contributed by atoms with Crippen LogP contribution in [-0.4, -0.2) is 47.4 Å². The molecule has 0 aliphatic rings. The quantitative estimate of drug-likeness (QED) is 0.227. The molecule has 7 heteroatoms. The van der Waals surface area contributed by atoms with Crippen LogP contribution in [0.3, 0.4) is 0 Å². The third-order valence-corrected chi connectivity index (χ3v) is 4.37. The highest BCUT2D eigenvalue weighted by molar-refractivity contribution is 14.0. The van der Waals surface area contributed by atoms with Crippen molar-refractivity contribution in [3.63, 3.8) is 0 Å². The van der Waals surface area contributed by atoms with E-state index < -0.39 is 0 Å². The average Bonchev–Trinajstić information content (AvgIpc) is 2.69. The number of anilines is 2. The molecule has 2 rings (SSSR count). The molecule has 0 aliphatic carbocycles. The first-order chi connectivity index (χ1) is 13.5. The first-order valence-electron chi connectivity index (χ1n) is 9.50. The van der Waals surface area contributed by atoms with Gasteiger partial charge in [0.15, 0.2) is 5.96 Å². The number of aryl methyl sites for hydroxylation is 1. The van der Waals surface area contributed by atoms with Crippen molar-refractivity contribution in [3.8, 4) is 5.75 Å². The lowest BCUT2D eigenvalue weighted by Gasteiger charge is -2.17. The number of nitrogens with one attached hydrogen (secondary N) is 2. The van der Waals surface area contributed by atoms with E-state index in [0.717, 1.165) is 17.9 Å². The Hall–Kier alpha value is -2.00. The fourth-order valence-electron chi connectivity index (χ4n) is 2.71. The van der Waals surface area contributed by atoms with E-state index >= 15 is 0 Å². The molecule has 0 amide bonds. The number of aliphatic imine (C=N–C) groups is 1. The molecule has 0 aliphatic heterocycles. The van der Waals surface area contributed by atoms with Gasteiger partial charge >= 0.3 is 0 Å². The van der Waals surface area contributed by atoms with E-state index in [9.17, 15) is 0 Å². The number of nitrogens with zero attached hydrogens (tertiary/aromatic N) is 2. The van der Waals surface area contributed by atoms with Gasteiger partial charge in [-0.3, -0.25) is 4.99 Å². The average molecular weight is 512 g/mol. The molecule has 0 spiro atoms. The topological polar surface area (TPSA) is 58.1 Å². The van der Waals surface area contributed by atoms with E-state index in [1.165, 1.54) is 16.8 Å². The minimum absolute atomic E-state index is 0. The summed E-state index contributed by atoms with van der Waals surface area (Å²) in [5.41, 5.74) is 4.62. The van der Waals surface area contributed by atoms with Crippen LogP contribution in [0.1, 0.15) is 17.5 Å².